The number of carbonyl (C=O) groups excluding carboxylic acids is 1. The maximum atomic E-state index is 12.0. The van der Waals surface area contributed by atoms with E-state index in [1.807, 2.05) is 31.2 Å². The van der Waals surface area contributed by atoms with Crippen molar-refractivity contribution in [2.75, 3.05) is 5.32 Å². The van der Waals surface area contributed by atoms with Crippen LogP contribution in [-0.2, 0) is 11.3 Å². The van der Waals surface area contributed by atoms with Gasteiger partial charge in [0, 0.05) is 18.0 Å². The molecule has 1 heterocycles. The highest BCUT2D eigenvalue weighted by Gasteiger charge is 2.06. The van der Waals surface area contributed by atoms with Gasteiger partial charge in [0.05, 0.1) is 0 Å². The summed E-state index contributed by atoms with van der Waals surface area (Å²) in [6, 6.07) is 11.0. The zero-order valence-corrected chi connectivity index (χ0v) is 12.6. The van der Waals surface area contributed by atoms with Crippen molar-refractivity contribution in [1.82, 2.24) is 4.57 Å². The lowest BCUT2D eigenvalue weighted by atomic mass is 10.0. The van der Waals surface area contributed by atoms with Crippen LogP contribution in [0.25, 0.3) is 0 Å². The Hall–Kier alpha value is -2.36. The van der Waals surface area contributed by atoms with Gasteiger partial charge < -0.3 is 9.88 Å². The Morgan fingerprint density at radius 1 is 1.14 bits per heavy atom. The van der Waals surface area contributed by atoms with Crippen molar-refractivity contribution in [2.45, 2.75) is 33.2 Å². The lowest BCUT2D eigenvalue weighted by Crippen LogP contribution is -2.26. The molecule has 0 spiro atoms. The number of hydrogen-bond donors (Lipinski definition) is 1. The predicted octanol–water partition coefficient (Wildman–Crippen LogP) is 2.92. The summed E-state index contributed by atoms with van der Waals surface area (Å²) >= 11 is 0. The van der Waals surface area contributed by atoms with Gasteiger partial charge in [0.15, 0.2) is 0 Å². The number of aromatic nitrogens is 1. The lowest BCUT2D eigenvalue weighted by Gasteiger charge is -2.10. The molecule has 110 valence electrons. The first kappa shape index (κ1) is 15.0. The molecule has 0 unspecified atom stereocenters. The van der Waals surface area contributed by atoms with Gasteiger partial charge in [-0.15, -0.1) is 0 Å². The van der Waals surface area contributed by atoms with Gasteiger partial charge in [-0.3, -0.25) is 9.59 Å². The number of hydrogen-bond acceptors (Lipinski definition) is 2. The molecule has 2 aromatic rings. The van der Waals surface area contributed by atoms with Crippen molar-refractivity contribution in [3.8, 4) is 0 Å². The van der Waals surface area contributed by atoms with Crippen LogP contribution in [0.4, 0.5) is 5.69 Å². The Bertz CT molecular complexity index is 685. The quantitative estimate of drug-likeness (QED) is 0.938. The molecule has 0 fully saturated rings. The van der Waals surface area contributed by atoms with Crippen LogP contribution in [0.1, 0.15) is 30.9 Å². The molecule has 0 aliphatic heterocycles. The van der Waals surface area contributed by atoms with E-state index in [2.05, 4.69) is 19.2 Å². The van der Waals surface area contributed by atoms with Gasteiger partial charge in [-0.05, 0) is 36.1 Å². The topological polar surface area (TPSA) is 51.1 Å². The van der Waals surface area contributed by atoms with Crippen LogP contribution >= 0.6 is 0 Å². The van der Waals surface area contributed by atoms with E-state index in [9.17, 15) is 9.59 Å². The van der Waals surface area contributed by atoms with E-state index < -0.39 is 0 Å². The maximum Gasteiger partial charge on any atom is 0.251 e. The molecule has 4 nitrogen and oxygen atoms in total. The van der Waals surface area contributed by atoms with Crippen molar-refractivity contribution in [2.24, 2.45) is 0 Å². The molecule has 1 aromatic heterocycles. The SMILES string of the molecule is Cc1ccc(=O)n(CC(=O)Nc2ccc(C(C)C)cc2)c1. The third-order valence-corrected chi connectivity index (χ3v) is 3.31. The monoisotopic (exact) mass is 284 g/mol. The first-order valence-electron chi connectivity index (χ1n) is 7.02. The molecule has 0 aliphatic rings. The zero-order valence-electron chi connectivity index (χ0n) is 12.6. The van der Waals surface area contributed by atoms with Crippen molar-refractivity contribution < 1.29 is 4.79 Å². The Morgan fingerprint density at radius 3 is 2.43 bits per heavy atom. The molecule has 21 heavy (non-hydrogen) atoms. The second-order valence-corrected chi connectivity index (χ2v) is 5.50. The van der Waals surface area contributed by atoms with Gasteiger partial charge in [-0.1, -0.05) is 32.0 Å². The molecule has 0 saturated heterocycles. The molecule has 0 bridgehead atoms. The molecule has 0 radical (unpaired) electrons. The van der Waals surface area contributed by atoms with Crippen LogP contribution in [0.3, 0.4) is 0 Å². The van der Waals surface area contributed by atoms with E-state index in [4.69, 9.17) is 0 Å². The lowest BCUT2D eigenvalue weighted by molar-refractivity contribution is -0.116. The number of nitrogens with zero attached hydrogens (tertiary/aromatic N) is 1. The number of pyridine rings is 1. The zero-order chi connectivity index (χ0) is 15.4. The van der Waals surface area contributed by atoms with Crippen LogP contribution < -0.4 is 10.9 Å². The van der Waals surface area contributed by atoms with E-state index >= 15 is 0 Å². The Kier molecular flexibility index (Phi) is 4.58. The smallest absolute Gasteiger partial charge is 0.251 e. The molecular formula is C17H20N2O2. The first-order valence-corrected chi connectivity index (χ1v) is 7.02. The fourth-order valence-corrected chi connectivity index (χ4v) is 2.08. The van der Waals surface area contributed by atoms with Crippen LogP contribution in [0, 0.1) is 6.92 Å². The number of nitrogens with one attached hydrogen (secondary N) is 1. The first-order chi connectivity index (χ1) is 9.95. The largest absolute Gasteiger partial charge is 0.325 e. The second-order valence-electron chi connectivity index (χ2n) is 5.50. The molecule has 1 aromatic carbocycles. The molecule has 0 aliphatic carbocycles. The average Bonchev–Trinajstić information content (AvgIpc) is 2.43. The summed E-state index contributed by atoms with van der Waals surface area (Å²) in [4.78, 5) is 23.7. The Labute approximate surface area is 124 Å². The van der Waals surface area contributed by atoms with Crippen molar-refractivity contribution >= 4 is 11.6 Å². The molecule has 1 amide bonds. The Balaban J connectivity index is 2.04. The fraction of sp³-hybridized carbons (Fsp3) is 0.294. The van der Waals surface area contributed by atoms with Crippen LogP contribution in [-0.4, -0.2) is 10.5 Å². The van der Waals surface area contributed by atoms with Gasteiger partial charge in [-0.2, -0.15) is 0 Å². The number of carbonyl (C=O) groups is 1. The number of aryl methyl sites for hydroxylation is 1. The second kappa shape index (κ2) is 6.39. The van der Waals surface area contributed by atoms with Gasteiger partial charge in [0.25, 0.3) is 5.56 Å². The summed E-state index contributed by atoms with van der Waals surface area (Å²) in [5.41, 5.74) is 2.74. The summed E-state index contributed by atoms with van der Waals surface area (Å²) in [5.74, 6) is 0.251. The third-order valence-electron chi connectivity index (χ3n) is 3.31. The molecular weight excluding hydrogens is 264 g/mol. The number of rotatable bonds is 4. The average molecular weight is 284 g/mol. The van der Waals surface area contributed by atoms with Crippen LogP contribution in [0.5, 0.6) is 0 Å². The predicted molar refractivity (Wildman–Crippen MR) is 84.6 cm³/mol. The summed E-state index contributed by atoms with van der Waals surface area (Å²) in [6.07, 6.45) is 1.68. The summed E-state index contributed by atoms with van der Waals surface area (Å²) < 4.78 is 1.41. The van der Waals surface area contributed by atoms with Crippen molar-refractivity contribution in [3.63, 3.8) is 0 Å². The van der Waals surface area contributed by atoms with Gasteiger partial charge in [0.1, 0.15) is 6.54 Å². The van der Waals surface area contributed by atoms with E-state index in [0.29, 0.717) is 5.92 Å². The molecule has 0 saturated carbocycles. The van der Waals surface area contributed by atoms with Crippen molar-refractivity contribution in [1.29, 1.82) is 0 Å². The summed E-state index contributed by atoms with van der Waals surface area (Å²) in [7, 11) is 0. The fourth-order valence-electron chi connectivity index (χ4n) is 2.08. The minimum atomic E-state index is -0.208. The third kappa shape index (κ3) is 4.05. The number of anilines is 1. The standard InChI is InChI=1S/C17H20N2O2/c1-12(2)14-5-7-15(8-6-14)18-16(20)11-19-10-13(3)4-9-17(19)21/h4-10,12H,11H2,1-3H3,(H,18,20). The Morgan fingerprint density at radius 2 is 1.81 bits per heavy atom. The van der Waals surface area contributed by atoms with Crippen molar-refractivity contribution in [3.05, 3.63) is 64.1 Å². The molecule has 0 atom stereocenters. The summed E-state index contributed by atoms with van der Waals surface area (Å²) in [5, 5.41) is 2.80. The minimum Gasteiger partial charge on any atom is -0.325 e. The van der Waals surface area contributed by atoms with Gasteiger partial charge >= 0.3 is 0 Å². The van der Waals surface area contributed by atoms with E-state index in [0.717, 1.165) is 11.3 Å². The minimum absolute atomic E-state index is 0.0203. The molecule has 2 rings (SSSR count). The number of benzene rings is 1. The van der Waals surface area contributed by atoms with Crippen LogP contribution in [0.15, 0.2) is 47.4 Å². The highest BCUT2D eigenvalue weighted by atomic mass is 16.2. The highest BCUT2D eigenvalue weighted by Crippen LogP contribution is 2.17. The molecule has 1 N–H and O–H groups in total. The number of amides is 1. The van der Waals surface area contributed by atoms with E-state index in [1.54, 1.807) is 12.3 Å². The van der Waals surface area contributed by atoms with Crippen LogP contribution in [0.2, 0.25) is 0 Å². The maximum absolute atomic E-state index is 12.0. The summed E-state index contributed by atoms with van der Waals surface area (Å²) in [6.45, 7) is 6.15. The molecule has 4 heteroatoms. The van der Waals surface area contributed by atoms with Gasteiger partial charge in [0.2, 0.25) is 5.91 Å². The highest BCUT2D eigenvalue weighted by molar-refractivity contribution is 5.90. The van der Waals surface area contributed by atoms with E-state index in [1.165, 1.54) is 16.2 Å². The normalized spacial score (nSPS) is 10.7. The van der Waals surface area contributed by atoms with E-state index in [-0.39, 0.29) is 18.0 Å². The van der Waals surface area contributed by atoms with Gasteiger partial charge in [-0.25, -0.2) is 0 Å².